The zero-order valence-corrected chi connectivity index (χ0v) is 12.6. The van der Waals surface area contributed by atoms with Gasteiger partial charge in [-0.1, -0.05) is 0 Å². The number of hydrogen-bond donors (Lipinski definition) is 2. The third-order valence-corrected chi connectivity index (χ3v) is 3.59. The highest BCUT2D eigenvalue weighted by atomic mass is 16.5. The third-order valence-electron chi connectivity index (χ3n) is 3.59. The van der Waals surface area contributed by atoms with Crippen LogP contribution in [0.25, 0.3) is 0 Å². The van der Waals surface area contributed by atoms with Gasteiger partial charge in [0.15, 0.2) is 0 Å². The van der Waals surface area contributed by atoms with Crippen LogP contribution in [0.2, 0.25) is 0 Å². The van der Waals surface area contributed by atoms with Gasteiger partial charge in [-0.2, -0.15) is 0 Å². The molecule has 0 saturated carbocycles. The summed E-state index contributed by atoms with van der Waals surface area (Å²) < 4.78 is 11.0. The highest BCUT2D eigenvalue weighted by Crippen LogP contribution is 2.18. The molecule has 116 valence electrons. The van der Waals surface area contributed by atoms with Crippen molar-refractivity contribution in [1.29, 1.82) is 0 Å². The van der Waals surface area contributed by atoms with Crippen LogP contribution in [-0.4, -0.2) is 31.8 Å². The van der Waals surface area contributed by atoms with Crippen molar-refractivity contribution in [2.45, 2.75) is 38.7 Å². The van der Waals surface area contributed by atoms with E-state index in [1.165, 1.54) is 0 Å². The minimum absolute atomic E-state index is 0.0125. The Bertz CT molecular complexity index is 471. The average molecular weight is 292 g/mol. The second-order valence-corrected chi connectivity index (χ2v) is 5.41. The van der Waals surface area contributed by atoms with Gasteiger partial charge in [0.05, 0.1) is 6.10 Å². The fourth-order valence-electron chi connectivity index (χ4n) is 2.37. The van der Waals surface area contributed by atoms with E-state index in [4.69, 9.17) is 15.2 Å². The monoisotopic (exact) mass is 292 g/mol. The minimum atomic E-state index is 0.0125. The SMILES string of the molecule is Cc1cc(N)ccc1NC(=O)CCCOC1CCOCC1. The molecule has 2 rings (SSSR count). The van der Waals surface area contributed by atoms with E-state index in [-0.39, 0.29) is 5.91 Å². The van der Waals surface area contributed by atoms with E-state index in [0.717, 1.165) is 43.7 Å². The molecule has 1 aliphatic rings. The molecule has 0 atom stereocenters. The number of ether oxygens (including phenoxy) is 2. The van der Waals surface area contributed by atoms with Gasteiger partial charge in [0.25, 0.3) is 0 Å². The molecule has 0 radical (unpaired) electrons. The van der Waals surface area contributed by atoms with Crippen LogP contribution >= 0.6 is 0 Å². The summed E-state index contributed by atoms with van der Waals surface area (Å²) in [6, 6.07) is 5.47. The molecular formula is C16H24N2O3. The van der Waals surface area contributed by atoms with Crippen molar-refractivity contribution in [2.24, 2.45) is 0 Å². The molecule has 1 aliphatic heterocycles. The smallest absolute Gasteiger partial charge is 0.224 e. The number of benzene rings is 1. The Morgan fingerprint density at radius 3 is 2.90 bits per heavy atom. The number of hydrogen-bond acceptors (Lipinski definition) is 4. The molecule has 1 amide bonds. The van der Waals surface area contributed by atoms with Crippen molar-refractivity contribution >= 4 is 17.3 Å². The maximum atomic E-state index is 11.9. The van der Waals surface area contributed by atoms with Crippen LogP contribution in [-0.2, 0) is 14.3 Å². The molecule has 0 aliphatic carbocycles. The molecule has 21 heavy (non-hydrogen) atoms. The molecule has 0 aromatic heterocycles. The van der Waals surface area contributed by atoms with Gasteiger partial charge in [-0.3, -0.25) is 4.79 Å². The molecule has 5 heteroatoms. The number of nitrogens with one attached hydrogen (secondary N) is 1. The van der Waals surface area contributed by atoms with Crippen molar-refractivity contribution < 1.29 is 14.3 Å². The van der Waals surface area contributed by atoms with E-state index in [1.54, 1.807) is 6.07 Å². The zero-order valence-electron chi connectivity index (χ0n) is 12.6. The summed E-state index contributed by atoms with van der Waals surface area (Å²) in [6.07, 6.45) is 3.40. The summed E-state index contributed by atoms with van der Waals surface area (Å²) in [5.41, 5.74) is 8.19. The highest BCUT2D eigenvalue weighted by molar-refractivity contribution is 5.91. The fourth-order valence-corrected chi connectivity index (χ4v) is 2.37. The maximum Gasteiger partial charge on any atom is 0.224 e. The molecule has 1 fully saturated rings. The van der Waals surface area contributed by atoms with Crippen LogP contribution < -0.4 is 11.1 Å². The number of carbonyl (C=O) groups is 1. The standard InChI is InChI=1S/C16H24N2O3/c1-12-11-13(17)4-5-15(12)18-16(19)3-2-8-21-14-6-9-20-10-7-14/h4-5,11,14H,2-3,6-10,17H2,1H3,(H,18,19). The lowest BCUT2D eigenvalue weighted by atomic mass is 10.1. The Morgan fingerprint density at radius 2 is 2.19 bits per heavy atom. The van der Waals surface area contributed by atoms with Crippen LogP contribution in [0.4, 0.5) is 11.4 Å². The van der Waals surface area contributed by atoms with Gasteiger partial charge >= 0.3 is 0 Å². The Hall–Kier alpha value is -1.59. The molecule has 1 aromatic carbocycles. The van der Waals surface area contributed by atoms with Crippen LogP contribution in [0.1, 0.15) is 31.2 Å². The Labute approximate surface area is 125 Å². The third kappa shape index (κ3) is 5.36. The van der Waals surface area contributed by atoms with Crippen LogP contribution in [0.5, 0.6) is 0 Å². The first-order valence-electron chi connectivity index (χ1n) is 7.50. The molecule has 1 saturated heterocycles. The summed E-state index contributed by atoms with van der Waals surface area (Å²) in [6.45, 7) is 4.11. The number of rotatable bonds is 6. The predicted octanol–water partition coefficient (Wildman–Crippen LogP) is 2.49. The molecular weight excluding hydrogens is 268 g/mol. The van der Waals surface area contributed by atoms with Crippen molar-refractivity contribution in [3.05, 3.63) is 23.8 Å². The minimum Gasteiger partial charge on any atom is -0.399 e. The molecule has 0 spiro atoms. The summed E-state index contributed by atoms with van der Waals surface area (Å²) in [5, 5.41) is 2.91. The second-order valence-electron chi connectivity index (χ2n) is 5.41. The normalized spacial score (nSPS) is 15.9. The molecule has 0 bridgehead atoms. The van der Waals surface area contributed by atoms with E-state index in [2.05, 4.69) is 5.32 Å². The van der Waals surface area contributed by atoms with E-state index in [1.807, 2.05) is 19.1 Å². The summed E-state index contributed by atoms with van der Waals surface area (Å²) in [5.74, 6) is 0.0125. The first kappa shape index (κ1) is 15.8. The Balaban J connectivity index is 1.65. The quantitative estimate of drug-likeness (QED) is 0.624. The molecule has 0 unspecified atom stereocenters. The largest absolute Gasteiger partial charge is 0.399 e. The summed E-state index contributed by atoms with van der Waals surface area (Å²) >= 11 is 0. The van der Waals surface area contributed by atoms with Gasteiger partial charge in [0, 0.05) is 37.6 Å². The van der Waals surface area contributed by atoms with Gasteiger partial charge in [0.1, 0.15) is 0 Å². The van der Waals surface area contributed by atoms with Gasteiger partial charge < -0.3 is 20.5 Å². The summed E-state index contributed by atoms with van der Waals surface area (Å²) in [7, 11) is 0. The van der Waals surface area contributed by atoms with Crippen molar-refractivity contribution in [2.75, 3.05) is 30.9 Å². The van der Waals surface area contributed by atoms with E-state index in [9.17, 15) is 4.79 Å². The summed E-state index contributed by atoms with van der Waals surface area (Å²) in [4.78, 5) is 11.9. The number of amides is 1. The lowest BCUT2D eigenvalue weighted by Crippen LogP contribution is -2.24. The number of aryl methyl sites for hydroxylation is 1. The van der Waals surface area contributed by atoms with Gasteiger partial charge in [-0.15, -0.1) is 0 Å². The van der Waals surface area contributed by atoms with Gasteiger partial charge in [0.2, 0.25) is 5.91 Å². The molecule has 1 heterocycles. The second kappa shape index (κ2) is 8.00. The molecule has 1 aromatic rings. The van der Waals surface area contributed by atoms with Crippen molar-refractivity contribution in [1.82, 2.24) is 0 Å². The average Bonchev–Trinajstić information content (AvgIpc) is 2.48. The zero-order chi connectivity index (χ0) is 15.1. The first-order valence-corrected chi connectivity index (χ1v) is 7.50. The topological polar surface area (TPSA) is 73.6 Å². The maximum absolute atomic E-state index is 11.9. The molecule has 3 N–H and O–H groups in total. The van der Waals surface area contributed by atoms with Crippen LogP contribution in [0, 0.1) is 6.92 Å². The fraction of sp³-hybridized carbons (Fsp3) is 0.562. The number of nitrogen functional groups attached to an aromatic ring is 1. The highest BCUT2D eigenvalue weighted by Gasteiger charge is 2.14. The number of nitrogens with two attached hydrogens (primary N) is 1. The van der Waals surface area contributed by atoms with Crippen molar-refractivity contribution in [3.8, 4) is 0 Å². The lowest BCUT2D eigenvalue weighted by molar-refractivity contribution is -0.116. The van der Waals surface area contributed by atoms with E-state index >= 15 is 0 Å². The first-order chi connectivity index (χ1) is 10.1. The predicted molar refractivity (Wildman–Crippen MR) is 83.2 cm³/mol. The van der Waals surface area contributed by atoms with Crippen LogP contribution in [0.3, 0.4) is 0 Å². The van der Waals surface area contributed by atoms with Crippen LogP contribution in [0.15, 0.2) is 18.2 Å². The van der Waals surface area contributed by atoms with Gasteiger partial charge in [-0.25, -0.2) is 0 Å². The van der Waals surface area contributed by atoms with Crippen molar-refractivity contribution in [3.63, 3.8) is 0 Å². The number of anilines is 2. The van der Waals surface area contributed by atoms with Gasteiger partial charge in [-0.05, 0) is 49.9 Å². The molecule has 5 nitrogen and oxygen atoms in total. The number of carbonyl (C=O) groups excluding carboxylic acids is 1. The Kier molecular flexibility index (Phi) is 6.02. The van der Waals surface area contributed by atoms with E-state index in [0.29, 0.717) is 24.8 Å². The lowest BCUT2D eigenvalue weighted by Gasteiger charge is -2.22. The van der Waals surface area contributed by atoms with E-state index < -0.39 is 0 Å². The Morgan fingerprint density at radius 1 is 1.43 bits per heavy atom.